The topological polar surface area (TPSA) is 56.3 Å². The lowest BCUT2D eigenvalue weighted by atomic mass is 9.97. The molecule has 2 unspecified atom stereocenters. The SMILES string of the molecule is CN(C)CCCCn1cncc1C(N)C1CCOC1. The number of nitrogens with zero attached hydrogens (tertiary/aromatic N) is 3. The fraction of sp³-hybridized carbons (Fsp3) is 0.786. The second-order valence-electron chi connectivity index (χ2n) is 5.67. The summed E-state index contributed by atoms with van der Waals surface area (Å²) in [4.78, 5) is 6.48. The molecule has 2 heterocycles. The zero-order chi connectivity index (χ0) is 13.7. The molecule has 0 amide bonds. The summed E-state index contributed by atoms with van der Waals surface area (Å²) in [5.74, 6) is 0.442. The van der Waals surface area contributed by atoms with Crippen LogP contribution in [0.5, 0.6) is 0 Å². The Hall–Kier alpha value is -0.910. The van der Waals surface area contributed by atoms with Crippen LogP contribution in [0.25, 0.3) is 0 Å². The Bertz CT molecular complexity index is 371. The van der Waals surface area contributed by atoms with E-state index in [4.69, 9.17) is 10.5 Å². The van der Waals surface area contributed by atoms with Crippen molar-refractivity contribution in [2.24, 2.45) is 11.7 Å². The molecule has 1 saturated heterocycles. The van der Waals surface area contributed by atoms with Gasteiger partial charge in [-0.1, -0.05) is 0 Å². The van der Waals surface area contributed by atoms with Gasteiger partial charge < -0.3 is 19.9 Å². The largest absolute Gasteiger partial charge is 0.381 e. The van der Waals surface area contributed by atoms with Crippen LogP contribution in [0.1, 0.15) is 31.0 Å². The predicted octanol–water partition coefficient (Wildman–Crippen LogP) is 1.26. The third-order valence-electron chi connectivity index (χ3n) is 3.81. The molecule has 2 N–H and O–H groups in total. The van der Waals surface area contributed by atoms with E-state index < -0.39 is 0 Å². The van der Waals surface area contributed by atoms with E-state index in [9.17, 15) is 0 Å². The van der Waals surface area contributed by atoms with E-state index in [1.165, 1.54) is 6.42 Å². The van der Waals surface area contributed by atoms with Crippen LogP contribution in [0.15, 0.2) is 12.5 Å². The highest BCUT2D eigenvalue weighted by atomic mass is 16.5. The number of unbranched alkanes of at least 4 members (excludes halogenated alkanes) is 1. The maximum absolute atomic E-state index is 6.35. The predicted molar refractivity (Wildman–Crippen MR) is 75.9 cm³/mol. The maximum atomic E-state index is 6.35. The standard InChI is InChI=1S/C14H26N4O/c1-17(2)6-3-4-7-18-11-16-9-13(18)14(15)12-5-8-19-10-12/h9,11-12,14H,3-8,10,15H2,1-2H3. The Balaban J connectivity index is 1.86. The van der Waals surface area contributed by atoms with Gasteiger partial charge in [-0.05, 0) is 39.9 Å². The van der Waals surface area contributed by atoms with Crippen molar-refractivity contribution in [1.29, 1.82) is 0 Å². The van der Waals surface area contributed by atoms with Crippen molar-refractivity contribution in [3.8, 4) is 0 Å². The van der Waals surface area contributed by atoms with Gasteiger partial charge in [0.25, 0.3) is 0 Å². The molecule has 0 bridgehead atoms. The lowest BCUT2D eigenvalue weighted by Crippen LogP contribution is -2.24. The molecule has 0 radical (unpaired) electrons. The molecule has 108 valence electrons. The molecule has 5 heteroatoms. The first-order valence-corrected chi connectivity index (χ1v) is 7.16. The van der Waals surface area contributed by atoms with Crippen LogP contribution in [0.3, 0.4) is 0 Å². The molecular formula is C14H26N4O. The number of aromatic nitrogens is 2. The third-order valence-corrected chi connectivity index (χ3v) is 3.81. The number of rotatable bonds is 7. The smallest absolute Gasteiger partial charge is 0.0948 e. The Kier molecular flexibility index (Phi) is 5.36. The van der Waals surface area contributed by atoms with Crippen molar-refractivity contribution in [3.63, 3.8) is 0 Å². The quantitative estimate of drug-likeness (QED) is 0.755. The van der Waals surface area contributed by atoms with Gasteiger partial charge in [-0.3, -0.25) is 0 Å². The lowest BCUT2D eigenvalue weighted by Gasteiger charge is -2.19. The molecule has 0 aromatic carbocycles. The van der Waals surface area contributed by atoms with Gasteiger partial charge in [-0.25, -0.2) is 4.98 Å². The van der Waals surface area contributed by atoms with Gasteiger partial charge in [0, 0.05) is 25.3 Å². The molecule has 0 saturated carbocycles. The second-order valence-corrected chi connectivity index (χ2v) is 5.67. The highest BCUT2D eigenvalue weighted by Gasteiger charge is 2.26. The number of hydrogen-bond acceptors (Lipinski definition) is 4. The Labute approximate surface area is 115 Å². The zero-order valence-electron chi connectivity index (χ0n) is 12.1. The average Bonchev–Trinajstić information content (AvgIpc) is 3.04. The van der Waals surface area contributed by atoms with Gasteiger partial charge in [-0.15, -0.1) is 0 Å². The fourth-order valence-electron chi connectivity index (χ4n) is 2.58. The Morgan fingerprint density at radius 2 is 2.37 bits per heavy atom. The van der Waals surface area contributed by atoms with Crippen molar-refractivity contribution in [1.82, 2.24) is 14.5 Å². The van der Waals surface area contributed by atoms with Crippen LogP contribution >= 0.6 is 0 Å². The van der Waals surface area contributed by atoms with Crippen LogP contribution in [-0.4, -0.2) is 48.3 Å². The number of nitrogens with two attached hydrogens (primary N) is 1. The molecule has 0 aliphatic carbocycles. The van der Waals surface area contributed by atoms with E-state index in [-0.39, 0.29) is 6.04 Å². The Morgan fingerprint density at radius 3 is 3.05 bits per heavy atom. The molecule has 1 fully saturated rings. The van der Waals surface area contributed by atoms with Crippen LogP contribution in [0, 0.1) is 5.92 Å². The van der Waals surface area contributed by atoms with Crippen LogP contribution in [0.2, 0.25) is 0 Å². The van der Waals surface area contributed by atoms with Crippen LogP contribution in [-0.2, 0) is 11.3 Å². The first kappa shape index (κ1) is 14.5. The lowest BCUT2D eigenvalue weighted by molar-refractivity contribution is 0.180. The van der Waals surface area contributed by atoms with Gasteiger partial charge in [0.15, 0.2) is 0 Å². The van der Waals surface area contributed by atoms with Crippen molar-refractivity contribution in [2.75, 3.05) is 33.9 Å². The molecule has 1 aliphatic heterocycles. The zero-order valence-corrected chi connectivity index (χ0v) is 12.1. The first-order valence-electron chi connectivity index (χ1n) is 7.16. The highest BCUT2D eigenvalue weighted by molar-refractivity contribution is 5.07. The summed E-state index contributed by atoms with van der Waals surface area (Å²) in [5, 5.41) is 0. The summed E-state index contributed by atoms with van der Waals surface area (Å²) >= 11 is 0. The molecule has 1 aromatic heterocycles. The van der Waals surface area contributed by atoms with Crippen molar-refractivity contribution in [2.45, 2.75) is 31.8 Å². The fourth-order valence-corrected chi connectivity index (χ4v) is 2.58. The van der Waals surface area contributed by atoms with E-state index in [2.05, 4.69) is 28.5 Å². The highest BCUT2D eigenvalue weighted by Crippen LogP contribution is 2.26. The van der Waals surface area contributed by atoms with Gasteiger partial charge in [0.1, 0.15) is 0 Å². The van der Waals surface area contributed by atoms with Gasteiger partial charge in [-0.2, -0.15) is 0 Å². The summed E-state index contributed by atoms with van der Waals surface area (Å²) in [5.41, 5.74) is 7.50. The minimum Gasteiger partial charge on any atom is -0.381 e. The molecule has 2 rings (SSSR count). The maximum Gasteiger partial charge on any atom is 0.0948 e. The first-order chi connectivity index (χ1) is 9.18. The molecule has 19 heavy (non-hydrogen) atoms. The number of ether oxygens (including phenoxy) is 1. The third kappa shape index (κ3) is 4.03. The summed E-state index contributed by atoms with van der Waals surface area (Å²) < 4.78 is 7.63. The summed E-state index contributed by atoms with van der Waals surface area (Å²) in [6, 6.07) is 0.0545. The molecular weight excluding hydrogens is 240 g/mol. The summed E-state index contributed by atoms with van der Waals surface area (Å²) in [6.07, 6.45) is 7.24. The van der Waals surface area contributed by atoms with E-state index >= 15 is 0 Å². The average molecular weight is 266 g/mol. The Morgan fingerprint density at radius 1 is 1.53 bits per heavy atom. The van der Waals surface area contributed by atoms with Crippen LogP contribution in [0.4, 0.5) is 0 Å². The minimum absolute atomic E-state index is 0.0545. The minimum atomic E-state index is 0.0545. The second kappa shape index (κ2) is 7.03. The van der Waals surface area contributed by atoms with Gasteiger partial charge in [0.05, 0.1) is 24.7 Å². The van der Waals surface area contributed by atoms with E-state index in [1.54, 1.807) is 0 Å². The summed E-state index contributed by atoms with van der Waals surface area (Å²) in [6.45, 7) is 3.76. The van der Waals surface area contributed by atoms with E-state index in [0.717, 1.165) is 44.8 Å². The van der Waals surface area contributed by atoms with Crippen molar-refractivity contribution in [3.05, 3.63) is 18.2 Å². The molecule has 0 spiro atoms. The monoisotopic (exact) mass is 266 g/mol. The number of aryl methyl sites for hydroxylation is 1. The number of hydrogen-bond donors (Lipinski definition) is 1. The number of imidazole rings is 1. The van der Waals surface area contributed by atoms with E-state index in [0.29, 0.717) is 5.92 Å². The van der Waals surface area contributed by atoms with Gasteiger partial charge >= 0.3 is 0 Å². The van der Waals surface area contributed by atoms with Gasteiger partial charge in [0.2, 0.25) is 0 Å². The molecule has 1 aliphatic rings. The van der Waals surface area contributed by atoms with Crippen molar-refractivity contribution < 1.29 is 4.74 Å². The van der Waals surface area contributed by atoms with Crippen molar-refractivity contribution >= 4 is 0 Å². The summed E-state index contributed by atoms with van der Waals surface area (Å²) in [7, 11) is 4.22. The molecule has 2 atom stereocenters. The van der Waals surface area contributed by atoms with E-state index in [1.807, 2.05) is 12.5 Å². The normalized spacial score (nSPS) is 21.2. The molecule has 5 nitrogen and oxygen atoms in total. The molecule has 1 aromatic rings. The van der Waals surface area contributed by atoms with Crippen LogP contribution < -0.4 is 5.73 Å².